The number of aryl methyl sites for hydroxylation is 3. The van der Waals surface area contributed by atoms with Crippen LogP contribution < -0.4 is 9.64 Å². The van der Waals surface area contributed by atoms with Crippen LogP contribution in [0.2, 0.25) is 0 Å². The third-order valence-electron chi connectivity index (χ3n) is 5.63. The number of carbonyl (C=O) groups is 2. The molecule has 2 heterocycles. The number of aliphatic hydroxyl groups is 1. The summed E-state index contributed by atoms with van der Waals surface area (Å²) in [4.78, 5) is 32.0. The lowest BCUT2D eigenvalue weighted by molar-refractivity contribution is -0.132. The zero-order valence-electron chi connectivity index (χ0n) is 18.4. The van der Waals surface area contributed by atoms with Crippen molar-refractivity contribution in [2.24, 2.45) is 0 Å². The molecule has 1 amide bonds. The summed E-state index contributed by atoms with van der Waals surface area (Å²) in [6.07, 6.45) is 3.22. The van der Waals surface area contributed by atoms with Crippen LogP contribution in [0.25, 0.3) is 5.76 Å². The molecule has 1 atom stereocenters. The van der Waals surface area contributed by atoms with Crippen molar-refractivity contribution in [3.63, 3.8) is 0 Å². The van der Waals surface area contributed by atoms with Gasteiger partial charge in [0.25, 0.3) is 11.7 Å². The molecule has 1 N–H and O–H groups in total. The molecule has 6 heteroatoms. The second-order valence-electron chi connectivity index (χ2n) is 7.95. The molecule has 1 unspecified atom stereocenters. The molecule has 32 heavy (non-hydrogen) atoms. The largest absolute Gasteiger partial charge is 0.507 e. The van der Waals surface area contributed by atoms with Crippen LogP contribution in [0, 0.1) is 20.8 Å². The number of aromatic nitrogens is 1. The van der Waals surface area contributed by atoms with E-state index in [2.05, 4.69) is 4.98 Å². The second kappa shape index (κ2) is 8.30. The van der Waals surface area contributed by atoms with E-state index < -0.39 is 17.7 Å². The first kappa shape index (κ1) is 21.3. The third kappa shape index (κ3) is 3.54. The summed E-state index contributed by atoms with van der Waals surface area (Å²) in [5, 5.41) is 11.4. The van der Waals surface area contributed by atoms with Crippen molar-refractivity contribution in [3.05, 3.63) is 94.3 Å². The molecule has 0 spiro atoms. The van der Waals surface area contributed by atoms with Crippen LogP contribution in [0.3, 0.4) is 0 Å². The van der Waals surface area contributed by atoms with Crippen LogP contribution in [0.1, 0.15) is 33.9 Å². The van der Waals surface area contributed by atoms with E-state index in [9.17, 15) is 14.7 Å². The fourth-order valence-corrected chi connectivity index (χ4v) is 4.20. The van der Waals surface area contributed by atoms with Crippen molar-refractivity contribution in [1.29, 1.82) is 0 Å². The summed E-state index contributed by atoms with van der Waals surface area (Å²) < 4.78 is 5.52. The first-order valence-electron chi connectivity index (χ1n) is 10.3. The molecule has 1 aromatic heterocycles. The number of rotatable bonds is 4. The zero-order valence-corrected chi connectivity index (χ0v) is 18.4. The Bertz CT molecular complexity index is 1230. The number of ketones is 1. The molecule has 3 aromatic rings. The SMILES string of the molecule is COc1c(C)cc(C)cc1/C(O)=C1\C(=O)C(=O)N(c2ccc(C)cc2)C1c1cccnc1. The lowest BCUT2D eigenvalue weighted by Crippen LogP contribution is -2.29. The van der Waals surface area contributed by atoms with E-state index in [1.54, 1.807) is 42.7 Å². The minimum Gasteiger partial charge on any atom is -0.507 e. The maximum atomic E-state index is 13.3. The van der Waals surface area contributed by atoms with Gasteiger partial charge in [0.1, 0.15) is 11.5 Å². The van der Waals surface area contributed by atoms with E-state index in [1.165, 1.54) is 12.0 Å². The molecule has 0 saturated carbocycles. The van der Waals surface area contributed by atoms with Gasteiger partial charge >= 0.3 is 0 Å². The average molecular weight is 428 g/mol. The number of methoxy groups -OCH3 is 1. The Kier molecular flexibility index (Phi) is 5.53. The van der Waals surface area contributed by atoms with Gasteiger partial charge in [0.15, 0.2) is 0 Å². The van der Waals surface area contributed by atoms with E-state index in [0.717, 1.165) is 16.7 Å². The fourth-order valence-electron chi connectivity index (χ4n) is 4.20. The Labute approximate surface area is 186 Å². The number of nitrogens with zero attached hydrogens (tertiary/aromatic N) is 2. The summed E-state index contributed by atoms with van der Waals surface area (Å²) in [5.41, 5.74) is 4.32. The molecule has 1 fully saturated rings. The maximum absolute atomic E-state index is 13.3. The molecule has 1 aliphatic rings. The number of aliphatic hydroxyl groups excluding tert-OH is 1. The molecule has 1 saturated heterocycles. The standard InChI is InChI=1S/C26H24N2O4/c1-15-7-9-19(10-8-15)28-22(18-6-5-11-27-14-18)21(24(30)26(28)31)23(29)20-13-16(2)12-17(3)25(20)32-4/h5-14,22,29H,1-4H3/b23-21+. The van der Waals surface area contributed by atoms with Crippen LogP contribution >= 0.6 is 0 Å². The van der Waals surface area contributed by atoms with Crippen LogP contribution in [0.5, 0.6) is 5.75 Å². The Morgan fingerprint density at radius 1 is 1.03 bits per heavy atom. The summed E-state index contributed by atoms with van der Waals surface area (Å²) in [6, 6.07) is 13.7. The lowest BCUT2D eigenvalue weighted by Gasteiger charge is -2.25. The van der Waals surface area contributed by atoms with Crippen LogP contribution in [-0.2, 0) is 9.59 Å². The van der Waals surface area contributed by atoms with E-state index in [-0.39, 0.29) is 11.3 Å². The monoisotopic (exact) mass is 428 g/mol. The number of benzene rings is 2. The molecule has 162 valence electrons. The average Bonchev–Trinajstić information content (AvgIpc) is 3.04. The Morgan fingerprint density at radius 2 is 1.75 bits per heavy atom. The van der Waals surface area contributed by atoms with Crippen LogP contribution in [-0.4, -0.2) is 28.9 Å². The highest BCUT2D eigenvalue weighted by Gasteiger charge is 2.47. The number of Topliss-reactive ketones (excluding diaryl/α,β-unsaturated/α-hetero) is 1. The summed E-state index contributed by atoms with van der Waals surface area (Å²) in [6.45, 7) is 5.71. The smallest absolute Gasteiger partial charge is 0.300 e. The Hall–Kier alpha value is -3.93. The summed E-state index contributed by atoms with van der Waals surface area (Å²) >= 11 is 0. The fraction of sp³-hybridized carbons (Fsp3) is 0.192. The Balaban J connectivity index is 1.99. The first-order valence-corrected chi connectivity index (χ1v) is 10.3. The summed E-state index contributed by atoms with van der Waals surface area (Å²) in [7, 11) is 1.51. The lowest BCUT2D eigenvalue weighted by atomic mass is 9.94. The van der Waals surface area contributed by atoms with Gasteiger partial charge < -0.3 is 9.84 Å². The Morgan fingerprint density at radius 3 is 2.38 bits per heavy atom. The minimum atomic E-state index is -0.822. The first-order chi connectivity index (χ1) is 15.3. The third-order valence-corrected chi connectivity index (χ3v) is 5.63. The predicted molar refractivity (Wildman–Crippen MR) is 123 cm³/mol. The van der Waals surface area contributed by atoms with Crippen LogP contribution in [0.4, 0.5) is 5.69 Å². The highest BCUT2D eigenvalue weighted by atomic mass is 16.5. The number of pyridine rings is 1. The van der Waals surface area contributed by atoms with Gasteiger partial charge in [-0.25, -0.2) is 0 Å². The summed E-state index contributed by atoms with van der Waals surface area (Å²) in [5.74, 6) is -1.26. The van der Waals surface area contributed by atoms with E-state index in [4.69, 9.17) is 4.74 Å². The van der Waals surface area contributed by atoms with Crippen molar-refractivity contribution in [3.8, 4) is 5.75 Å². The van der Waals surface area contributed by atoms with Gasteiger partial charge in [-0.15, -0.1) is 0 Å². The molecular weight excluding hydrogens is 404 g/mol. The number of ether oxygens (including phenoxy) is 1. The van der Waals surface area contributed by atoms with Gasteiger partial charge in [-0.3, -0.25) is 19.5 Å². The van der Waals surface area contributed by atoms with Crippen molar-refractivity contribution in [1.82, 2.24) is 4.98 Å². The molecule has 0 aliphatic carbocycles. The molecule has 6 nitrogen and oxygen atoms in total. The number of carbonyl (C=O) groups excluding carboxylic acids is 2. The van der Waals surface area contributed by atoms with Crippen molar-refractivity contribution < 1.29 is 19.4 Å². The predicted octanol–water partition coefficient (Wildman–Crippen LogP) is 4.64. The molecule has 0 radical (unpaired) electrons. The molecular formula is C26H24N2O4. The highest BCUT2D eigenvalue weighted by molar-refractivity contribution is 6.51. The number of anilines is 1. The zero-order chi connectivity index (χ0) is 23.0. The van der Waals surface area contributed by atoms with Crippen LogP contribution in [0.15, 0.2) is 66.5 Å². The second-order valence-corrected chi connectivity index (χ2v) is 7.95. The van der Waals surface area contributed by atoms with Crippen molar-refractivity contribution >= 4 is 23.1 Å². The number of amides is 1. The van der Waals surface area contributed by atoms with E-state index in [1.807, 2.05) is 39.0 Å². The molecule has 0 bridgehead atoms. The van der Waals surface area contributed by atoms with Gasteiger partial charge in [-0.1, -0.05) is 29.8 Å². The minimum absolute atomic E-state index is 0.00637. The van der Waals surface area contributed by atoms with Crippen molar-refractivity contribution in [2.45, 2.75) is 26.8 Å². The molecule has 4 rings (SSSR count). The van der Waals surface area contributed by atoms with Crippen molar-refractivity contribution in [2.75, 3.05) is 12.0 Å². The maximum Gasteiger partial charge on any atom is 0.300 e. The van der Waals surface area contributed by atoms with Gasteiger partial charge in [0, 0.05) is 18.1 Å². The van der Waals surface area contributed by atoms with E-state index >= 15 is 0 Å². The number of hydrogen-bond acceptors (Lipinski definition) is 5. The number of hydrogen-bond donors (Lipinski definition) is 1. The van der Waals surface area contributed by atoms with Gasteiger partial charge in [0.05, 0.1) is 24.3 Å². The quantitative estimate of drug-likeness (QED) is 0.372. The topological polar surface area (TPSA) is 79.7 Å². The van der Waals surface area contributed by atoms with E-state index in [0.29, 0.717) is 22.6 Å². The highest BCUT2D eigenvalue weighted by Crippen LogP contribution is 2.43. The van der Waals surface area contributed by atoms with Gasteiger partial charge in [-0.05, 0) is 61.7 Å². The normalized spacial score (nSPS) is 17.6. The molecule has 2 aromatic carbocycles. The molecule has 1 aliphatic heterocycles. The van der Waals surface area contributed by atoms with Gasteiger partial charge in [0.2, 0.25) is 0 Å². The van der Waals surface area contributed by atoms with Gasteiger partial charge in [-0.2, -0.15) is 0 Å².